The molecule has 0 radical (unpaired) electrons. The van der Waals surface area contributed by atoms with Crippen LogP contribution < -0.4 is 4.74 Å². The highest BCUT2D eigenvalue weighted by molar-refractivity contribution is 14.1. The van der Waals surface area contributed by atoms with Crippen LogP contribution in [0.1, 0.15) is 12.5 Å². The minimum atomic E-state index is -5.03. The lowest BCUT2D eigenvalue weighted by atomic mass is 10.2. The summed E-state index contributed by atoms with van der Waals surface area (Å²) in [6, 6.07) is 0.812. The minimum Gasteiger partial charge on any atom is -0.466 e. The second-order valence-electron chi connectivity index (χ2n) is 3.55. The van der Waals surface area contributed by atoms with E-state index in [9.17, 15) is 28.1 Å². The summed E-state index contributed by atoms with van der Waals surface area (Å²) in [4.78, 5) is 24.7. The van der Waals surface area contributed by atoms with Crippen LogP contribution in [0.4, 0.5) is 18.9 Å². The lowest BCUT2D eigenvalue weighted by molar-refractivity contribution is -0.386. The third kappa shape index (κ3) is 5.32. The van der Waals surface area contributed by atoms with E-state index in [0.29, 0.717) is 0 Å². The number of halogens is 4. The Bertz CT molecular complexity index is 564. The van der Waals surface area contributed by atoms with Crippen LogP contribution in [0.5, 0.6) is 5.88 Å². The predicted octanol–water partition coefficient (Wildman–Crippen LogP) is 2.60. The lowest BCUT2D eigenvalue weighted by Gasteiger charge is -2.12. The first-order chi connectivity index (χ1) is 9.64. The first-order valence-corrected chi connectivity index (χ1v) is 6.47. The van der Waals surface area contributed by atoms with E-state index in [1.54, 1.807) is 0 Å². The molecule has 1 aromatic heterocycles. The molecule has 21 heavy (non-hydrogen) atoms. The van der Waals surface area contributed by atoms with Crippen molar-refractivity contribution >= 4 is 34.2 Å². The molecule has 11 heteroatoms. The average Bonchev–Trinajstić information content (AvgIpc) is 2.30. The first-order valence-electron chi connectivity index (χ1n) is 5.39. The van der Waals surface area contributed by atoms with E-state index in [1.165, 1.54) is 29.5 Å². The van der Waals surface area contributed by atoms with E-state index in [-0.39, 0.29) is 15.9 Å². The molecule has 0 aliphatic heterocycles. The number of aromatic nitrogens is 1. The molecule has 0 fully saturated rings. The highest BCUT2D eigenvalue weighted by Gasteiger charge is 2.34. The van der Waals surface area contributed by atoms with Crippen LogP contribution in [0, 0.1) is 13.8 Å². The Morgan fingerprint density at radius 1 is 1.52 bits per heavy atom. The Hall–Kier alpha value is -1.66. The second-order valence-corrected chi connectivity index (χ2v) is 4.57. The number of ether oxygens (including phenoxy) is 2. The Balaban J connectivity index is 3.23. The Morgan fingerprint density at radius 2 is 2.14 bits per heavy atom. The third-order valence-electron chi connectivity index (χ3n) is 2.05. The maximum atomic E-state index is 12.3. The van der Waals surface area contributed by atoms with Crippen molar-refractivity contribution in [3.05, 3.63) is 25.4 Å². The summed E-state index contributed by atoms with van der Waals surface area (Å²) in [6.45, 7) is 1.54. The fraction of sp³-hybridized carbons (Fsp3) is 0.400. The number of alkyl halides is 3. The molecule has 7 nitrogen and oxygen atoms in total. The predicted molar refractivity (Wildman–Crippen MR) is 70.6 cm³/mol. The molecule has 0 aliphatic carbocycles. The number of carbonyl (C=O) groups excluding carboxylic acids is 1. The molecule has 0 amide bonds. The molecule has 0 N–H and O–H groups in total. The number of hydrogen-bond acceptors (Lipinski definition) is 6. The second kappa shape index (κ2) is 6.87. The van der Waals surface area contributed by atoms with Gasteiger partial charge in [-0.25, -0.2) is 0 Å². The van der Waals surface area contributed by atoms with E-state index >= 15 is 0 Å². The summed E-state index contributed by atoms with van der Waals surface area (Å²) in [5.74, 6) is -1.76. The van der Waals surface area contributed by atoms with Gasteiger partial charge < -0.3 is 9.47 Å². The van der Waals surface area contributed by atoms with Crippen LogP contribution >= 0.6 is 22.6 Å². The summed E-state index contributed by atoms with van der Waals surface area (Å²) >= 11 is 1.40. The van der Waals surface area contributed by atoms with Gasteiger partial charge in [-0.15, -0.1) is 13.2 Å². The lowest BCUT2D eigenvalue weighted by Crippen LogP contribution is -2.20. The third-order valence-corrected chi connectivity index (χ3v) is 2.84. The van der Waals surface area contributed by atoms with Gasteiger partial charge in [0.1, 0.15) is 0 Å². The van der Waals surface area contributed by atoms with Crippen LogP contribution in [-0.4, -0.2) is 28.8 Å². The van der Waals surface area contributed by atoms with Crippen molar-refractivity contribution < 1.29 is 32.4 Å². The molecule has 0 saturated heterocycles. The molecular weight excluding hydrogens is 412 g/mol. The number of esters is 1. The van der Waals surface area contributed by atoms with Gasteiger partial charge in [0.25, 0.3) is 0 Å². The maximum Gasteiger partial charge on any atom is 0.574 e. The van der Waals surface area contributed by atoms with Crippen molar-refractivity contribution in [3.63, 3.8) is 0 Å². The molecule has 0 aliphatic rings. The average molecular weight is 420 g/mol. The molecule has 0 spiro atoms. The number of nitro groups is 1. The number of hydrogen-bond donors (Lipinski definition) is 0. The van der Waals surface area contributed by atoms with Gasteiger partial charge in [0.05, 0.1) is 18.0 Å². The maximum absolute atomic E-state index is 12.3. The zero-order chi connectivity index (χ0) is 16.2. The van der Waals surface area contributed by atoms with Crippen molar-refractivity contribution in [3.8, 4) is 5.88 Å². The Labute approximate surface area is 129 Å². The van der Waals surface area contributed by atoms with Crippen LogP contribution in [0.15, 0.2) is 6.07 Å². The molecule has 1 aromatic rings. The highest BCUT2D eigenvalue weighted by atomic mass is 127. The summed E-state index contributed by atoms with van der Waals surface area (Å²) in [6.07, 6.45) is -5.65. The molecule has 0 atom stereocenters. The Morgan fingerprint density at radius 3 is 2.62 bits per heavy atom. The molecule has 1 rings (SSSR count). The van der Waals surface area contributed by atoms with Crippen molar-refractivity contribution in [1.29, 1.82) is 0 Å². The van der Waals surface area contributed by atoms with Gasteiger partial charge in [-0.05, 0) is 29.5 Å². The molecule has 116 valence electrons. The summed E-state index contributed by atoms with van der Waals surface area (Å²) < 4.78 is 44.8. The Kier molecular flexibility index (Phi) is 5.69. The minimum absolute atomic E-state index is 0.0220. The first kappa shape index (κ1) is 17.4. The standard InChI is InChI=1S/C10H8F3IN2O5/c1-2-20-7(17)4-5-3-6(16(18)19)8(14)15-9(5)21-10(11,12)13/h3H,2,4H2,1H3. The van der Waals surface area contributed by atoms with E-state index in [2.05, 4.69) is 14.5 Å². The van der Waals surface area contributed by atoms with Gasteiger partial charge in [-0.2, -0.15) is 4.98 Å². The number of nitrogens with zero attached hydrogens (tertiary/aromatic N) is 2. The smallest absolute Gasteiger partial charge is 0.466 e. The molecule has 0 saturated carbocycles. The fourth-order valence-corrected chi connectivity index (χ4v) is 1.90. The van der Waals surface area contributed by atoms with Gasteiger partial charge in [0.15, 0.2) is 3.70 Å². The van der Waals surface area contributed by atoms with Gasteiger partial charge in [0, 0.05) is 11.6 Å². The van der Waals surface area contributed by atoms with Crippen LogP contribution in [0.2, 0.25) is 0 Å². The monoisotopic (exact) mass is 420 g/mol. The van der Waals surface area contributed by atoms with Crippen LogP contribution in [-0.2, 0) is 16.0 Å². The van der Waals surface area contributed by atoms with Crippen molar-refractivity contribution in [1.82, 2.24) is 4.98 Å². The van der Waals surface area contributed by atoms with Gasteiger partial charge in [-0.1, -0.05) is 0 Å². The van der Waals surface area contributed by atoms with Crippen molar-refractivity contribution in [2.24, 2.45) is 0 Å². The van der Waals surface area contributed by atoms with E-state index in [0.717, 1.165) is 6.07 Å². The number of pyridine rings is 1. The van der Waals surface area contributed by atoms with E-state index in [1.807, 2.05) is 0 Å². The molecule has 0 unspecified atom stereocenters. The van der Waals surface area contributed by atoms with Crippen molar-refractivity contribution in [2.75, 3.05) is 6.61 Å². The van der Waals surface area contributed by atoms with Gasteiger partial charge in [0.2, 0.25) is 5.88 Å². The number of carbonyl (C=O) groups is 1. The van der Waals surface area contributed by atoms with E-state index < -0.39 is 35.2 Å². The molecule has 1 heterocycles. The van der Waals surface area contributed by atoms with Gasteiger partial charge >= 0.3 is 18.0 Å². The largest absolute Gasteiger partial charge is 0.574 e. The summed E-state index contributed by atoms with van der Waals surface area (Å²) in [5.41, 5.74) is -0.901. The molecule has 0 bridgehead atoms. The topological polar surface area (TPSA) is 91.6 Å². The fourth-order valence-electron chi connectivity index (χ4n) is 1.32. The summed E-state index contributed by atoms with van der Waals surface area (Å²) in [5, 5.41) is 10.8. The van der Waals surface area contributed by atoms with Gasteiger partial charge in [-0.3, -0.25) is 14.9 Å². The van der Waals surface area contributed by atoms with Crippen LogP contribution in [0.3, 0.4) is 0 Å². The molecular formula is C10H8F3IN2O5. The number of rotatable bonds is 5. The summed E-state index contributed by atoms with van der Waals surface area (Å²) in [7, 11) is 0. The highest BCUT2D eigenvalue weighted by Crippen LogP contribution is 2.30. The zero-order valence-corrected chi connectivity index (χ0v) is 12.6. The normalized spacial score (nSPS) is 11.1. The van der Waals surface area contributed by atoms with Crippen LogP contribution in [0.25, 0.3) is 0 Å². The zero-order valence-electron chi connectivity index (χ0n) is 10.4. The SMILES string of the molecule is CCOC(=O)Cc1cc([N+](=O)[O-])c(I)nc1OC(F)(F)F. The molecule has 0 aromatic carbocycles. The quantitative estimate of drug-likeness (QED) is 0.239. The van der Waals surface area contributed by atoms with Crippen molar-refractivity contribution in [2.45, 2.75) is 19.7 Å². The van der Waals surface area contributed by atoms with E-state index in [4.69, 9.17) is 0 Å².